The van der Waals surface area contributed by atoms with Crippen LogP contribution in [0.4, 0.5) is 10.1 Å². The molecule has 0 fully saturated rings. The lowest BCUT2D eigenvalue weighted by atomic mass is 10.0. The van der Waals surface area contributed by atoms with Gasteiger partial charge in [0.2, 0.25) is 0 Å². The van der Waals surface area contributed by atoms with E-state index in [1.807, 2.05) is 5.32 Å². The molecule has 7 heteroatoms. The first kappa shape index (κ1) is 14.2. The van der Waals surface area contributed by atoms with Crippen LogP contribution < -0.4 is 5.32 Å². The molecule has 98 valence electrons. The van der Waals surface area contributed by atoms with Crippen LogP contribution in [0.2, 0.25) is 0 Å². The summed E-state index contributed by atoms with van der Waals surface area (Å²) in [6.45, 7) is 2.87. The predicted octanol–water partition coefficient (Wildman–Crippen LogP) is 0.0911. The van der Waals surface area contributed by atoms with Crippen molar-refractivity contribution in [2.75, 3.05) is 5.32 Å². The zero-order valence-corrected chi connectivity index (χ0v) is 9.78. The smallest absolute Gasteiger partial charge is 0.336 e. The third kappa shape index (κ3) is 3.10. The average Bonchev–Trinajstić information content (AvgIpc) is 2.13. The lowest BCUT2D eigenvalue weighted by molar-refractivity contribution is -0.284. The van der Waals surface area contributed by atoms with Crippen LogP contribution >= 0.6 is 0 Å². The van der Waals surface area contributed by atoms with Crippen LogP contribution in [0.15, 0.2) is 12.1 Å². The number of anilines is 1. The molecule has 0 aliphatic heterocycles. The van der Waals surface area contributed by atoms with Gasteiger partial charge in [0, 0.05) is 5.71 Å². The SMILES string of the molecule is CC(=N)c1c(F)cc(C)cc1NC(=O)C(O)(O)O. The Bertz CT molecular complexity index is 509. The standard InChI is InChI=1S/C11H13FN2O4/c1-5-3-7(12)9(6(2)13)8(4-5)14-10(15)11(16,17)18/h3-4,13,16-18H,1-2H3,(H,14,15). The number of benzene rings is 1. The van der Waals surface area contributed by atoms with E-state index in [-0.39, 0.29) is 17.0 Å². The minimum absolute atomic E-state index is 0.119. The van der Waals surface area contributed by atoms with Crippen LogP contribution in [-0.2, 0) is 4.79 Å². The largest absolute Gasteiger partial charge is 0.360 e. The number of aliphatic hydroxyl groups is 3. The number of rotatable bonds is 3. The van der Waals surface area contributed by atoms with E-state index in [0.29, 0.717) is 5.56 Å². The van der Waals surface area contributed by atoms with Crippen molar-refractivity contribution in [1.29, 1.82) is 5.41 Å². The first-order valence-electron chi connectivity index (χ1n) is 4.97. The Kier molecular flexibility index (Phi) is 3.80. The molecule has 0 radical (unpaired) electrons. The van der Waals surface area contributed by atoms with Crippen molar-refractivity contribution in [3.63, 3.8) is 0 Å². The molecule has 18 heavy (non-hydrogen) atoms. The van der Waals surface area contributed by atoms with Crippen molar-refractivity contribution < 1.29 is 24.5 Å². The summed E-state index contributed by atoms with van der Waals surface area (Å²) in [4.78, 5) is 11.2. The topological polar surface area (TPSA) is 114 Å². The number of nitrogens with one attached hydrogen (secondary N) is 2. The molecule has 0 aromatic heterocycles. The maximum absolute atomic E-state index is 13.6. The average molecular weight is 256 g/mol. The summed E-state index contributed by atoms with van der Waals surface area (Å²) in [5, 5.41) is 35.4. The van der Waals surface area contributed by atoms with Crippen LogP contribution in [0.3, 0.4) is 0 Å². The fraction of sp³-hybridized carbons (Fsp3) is 0.273. The van der Waals surface area contributed by atoms with Crippen molar-refractivity contribution in [1.82, 2.24) is 0 Å². The first-order chi connectivity index (χ1) is 8.12. The molecule has 1 amide bonds. The maximum Gasteiger partial charge on any atom is 0.360 e. The Morgan fingerprint density at radius 2 is 1.94 bits per heavy atom. The maximum atomic E-state index is 13.6. The first-order valence-corrected chi connectivity index (χ1v) is 4.97. The molecule has 0 bridgehead atoms. The lowest BCUT2D eigenvalue weighted by Crippen LogP contribution is -2.42. The second kappa shape index (κ2) is 4.81. The van der Waals surface area contributed by atoms with Crippen molar-refractivity contribution >= 4 is 17.3 Å². The van der Waals surface area contributed by atoms with E-state index in [9.17, 15) is 9.18 Å². The van der Waals surface area contributed by atoms with Gasteiger partial charge in [0.25, 0.3) is 0 Å². The highest BCUT2D eigenvalue weighted by molar-refractivity contribution is 6.06. The summed E-state index contributed by atoms with van der Waals surface area (Å²) in [6, 6.07) is 2.52. The van der Waals surface area contributed by atoms with Gasteiger partial charge in [-0.2, -0.15) is 0 Å². The molecule has 5 N–H and O–H groups in total. The van der Waals surface area contributed by atoms with Crippen LogP contribution in [0.5, 0.6) is 0 Å². The van der Waals surface area contributed by atoms with E-state index in [0.717, 1.165) is 0 Å². The normalized spacial score (nSPS) is 11.2. The van der Waals surface area contributed by atoms with Crippen LogP contribution in [0.1, 0.15) is 18.1 Å². The summed E-state index contributed by atoms with van der Waals surface area (Å²) < 4.78 is 13.6. The fourth-order valence-electron chi connectivity index (χ4n) is 1.43. The van der Waals surface area contributed by atoms with Crippen LogP contribution in [0, 0.1) is 18.2 Å². The molecule has 0 aliphatic carbocycles. The third-order valence-electron chi connectivity index (χ3n) is 2.16. The lowest BCUT2D eigenvalue weighted by Gasteiger charge is -2.16. The Morgan fingerprint density at radius 1 is 1.39 bits per heavy atom. The van der Waals surface area contributed by atoms with Crippen LogP contribution in [-0.4, -0.2) is 32.9 Å². The highest BCUT2D eigenvalue weighted by Gasteiger charge is 2.31. The predicted molar refractivity (Wildman–Crippen MR) is 61.7 cm³/mol. The third-order valence-corrected chi connectivity index (χ3v) is 2.16. The van der Waals surface area contributed by atoms with E-state index in [1.165, 1.54) is 19.1 Å². The quantitative estimate of drug-likeness (QED) is 0.389. The van der Waals surface area contributed by atoms with Gasteiger partial charge in [-0.1, -0.05) is 0 Å². The Labute approximate surface area is 102 Å². The minimum atomic E-state index is -3.56. The number of hydrogen-bond donors (Lipinski definition) is 5. The summed E-state index contributed by atoms with van der Waals surface area (Å²) in [7, 11) is 0. The molecule has 0 unspecified atom stereocenters. The second-order valence-electron chi connectivity index (χ2n) is 3.88. The van der Waals surface area contributed by atoms with E-state index in [4.69, 9.17) is 20.7 Å². The molecule has 0 saturated carbocycles. The Balaban J connectivity index is 3.24. The van der Waals surface area contributed by atoms with E-state index >= 15 is 0 Å². The highest BCUT2D eigenvalue weighted by Crippen LogP contribution is 2.22. The van der Waals surface area contributed by atoms with Crippen molar-refractivity contribution in [2.45, 2.75) is 19.8 Å². The highest BCUT2D eigenvalue weighted by atomic mass is 19.1. The molecular formula is C11H13FN2O4. The van der Waals surface area contributed by atoms with Gasteiger partial charge in [0.05, 0.1) is 11.3 Å². The zero-order chi connectivity index (χ0) is 14.1. The Morgan fingerprint density at radius 3 is 2.39 bits per heavy atom. The summed E-state index contributed by atoms with van der Waals surface area (Å²) in [6.07, 6.45) is 0. The van der Waals surface area contributed by atoms with E-state index in [1.54, 1.807) is 6.92 Å². The van der Waals surface area contributed by atoms with Gasteiger partial charge in [-0.05, 0) is 31.5 Å². The van der Waals surface area contributed by atoms with Crippen LogP contribution in [0.25, 0.3) is 0 Å². The van der Waals surface area contributed by atoms with Gasteiger partial charge in [-0.15, -0.1) is 0 Å². The van der Waals surface area contributed by atoms with Gasteiger partial charge in [-0.25, -0.2) is 4.39 Å². The molecule has 0 saturated heterocycles. The van der Waals surface area contributed by atoms with Crippen molar-refractivity contribution in [3.8, 4) is 0 Å². The number of aryl methyl sites for hydroxylation is 1. The summed E-state index contributed by atoms with van der Waals surface area (Å²) >= 11 is 0. The second-order valence-corrected chi connectivity index (χ2v) is 3.88. The van der Waals surface area contributed by atoms with Gasteiger partial charge < -0.3 is 26.0 Å². The van der Waals surface area contributed by atoms with Gasteiger partial charge in [0.15, 0.2) is 0 Å². The van der Waals surface area contributed by atoms with Gasteiger partial charge >= 0.3 is 11.9 Å². The number of hydrogen-bond acceptors (Lipinski definition) is 5. The Hall–Kier alpha value is -1.83. The molecule has 1 rings (SSSR count). The molecule has 0 spiro atoms. The molecule has 0 heterocycles. The molecular weight excluding hydrogens is 243 g/mol. The summed E-state index contributed by atoms with van der Waals surface area (Å²) in [5.74, 6) is -5.82. The van der Waals surface area contributed by atoms with Crippen molar-refractivity contribution in [3.05, 3.63) is 29.1 Å². The van der Waals surface area contributed by atoms with Gasteiger partial charge in [-0.3, -0.25) is 4.79 Å². The number of amides is 1. The molecule has 6 nitrogen and oxygen atoms in total. The van der Waals surface area contributed by atoms with Crippen molar-refractivity contribution in [2.24, 2.45) is 0 Å². The van der Waals surface area contributed by atoms with Gasteiger partial charge in [0.1, 0.15) is 5.82 Å². The number of carbonyl (C=O) groups is 1. The molecule has 0 aliphatic rings. The number of halogens is 1. The van der Waals surface area contributed by atoms with E-state index < -0.39 is 17.7 Å². The molecule has 1 aromatic carbocycles. The molecule has 1 aromatic rings. The minimum Gasteiger partial charge on any atom is -0.336 e. The fourth-order valence-corrected chi connectivity index (χ4v) is 1.43. The molecule has 0 atom stereocenters. The zero-order valence-electron chi connectivity index (χ0n) is 9.78. The summed E-state index contributed by atoms with van der Waals surface area (Å²) in [5.41, 5.74) is 0.0131. The number of carbonyl (C=O) groups excluding carboxylic acids is 1. The van der Waals surface area contributed by atoms with E-state index in [2.05, 4.69) is 0 Å². The monoisotopic (exact) mass is 256 g/mol.